The van der Waals surface area contributed by atoms with Crippen LogP contribution in [0.1, 0.15) is 47.9 Å². The second-order valence-corrected chi connectivity index (χ2v) is 14.5. The molecule has 258 valence electrons. The highest BCUT2D eigenvalue weighted by molar-refractivity contribution is 7.92. The van der Waals surface area contributed by atoms with Crippen LogP contribution in [-0.2, 0) is 38.8 Å². The zero-order valence-electron chi connectivity index (χ0n) is 26.9. The number of sulfonamides is 1. The second-order valence-electron chi connectivity index (χ2n) is 12.2. The second kappa shape index (κ2) is 15.5. The lowest BCUT2D eigenvalue weighted by Gasteiger charge is -2.34. The lowest BCUT2D eigenvalue weighted by molar-refractivity contribution is -0.140. The first-order valence-corrected chi connectivity index (χ1v) is 17.8. The van der Waals surface area contributed by atoms with Gasteiger partial charge in [-0.05, 0) is 67.3 Å². The van der Waals surface area contributed by atoms with Gasteiger partial charge in [0.25, 0.3) is 10.0 Å². The topological polar surface area (TPSA) is 86.8 Å². The van der Waals surface area contributed by atoms with Crippen molar-refractivity contribution >= 4 is 39.1 Å². The first-order chi connectivity index (χ1) is 23.3. The van der Waals surface area contributed by atoms with Gasteiger partial charge in [0.1, 0.15) is 12.6 Å². The van der Waals surface area contributed by atoms with Crippen LogP contribution in [-0.4, -0.2) is 43.8 Å². The summed E-state index contributed by atoms with van der Waals surface area (Å²) in [6.07, 6.45) is -1.17. The average Bonchev–Trinajstić information content (AvgIpc) is 3.59. The van der Waals surface area contributed by atoms with E-state index in [2.05, 4.69) is 5.32 Å². The highest BCUT2D eigenvalue weighted by atomic mass is 35.5. The van der Waals surface area contributed by atoms with Crippen molar-refractivity contribution in [2.24, 2.45) is 0 Å². The Labute approximate surface area is 289 Å². The van der Waals surface area contributed by atoms with E-state index in [4.69, 9.17) is 11.6 Å². The number of amides is 2. The Bertz CT molecular complexity index is 1870. The quantitative estimate of drug-likeness (QED) is 0.164. The Morgan fingerprint density at radius 3 is 2.20 bits per heavy atom. The molecule has 4 aromatic carbocycles. The van der Waals surface area contributed by atoms with Crippen LogP contribution in [0.5, 0.6) is 0 Å². The van der Waals surface area contributed by atoms with Gasteiger partial charge in [-0.1, -0.05) is 96.7 Å². The van der Waals surface area contributed by atoms with Gasteiger partial charge in [-0.15, -0.1) is 0 Å². The van der Waals surface area contributed by atoms with Crippen molar-refractivity contribution in [1.82, 2.24) is 10.2 Å². The molecular formula is C37H37ClF3N3O4S. The zero-order chi connectivity index (χ0) is 35.2. The number of nitrogens with zero attached hydrogens (tertiary/aromatic N) is 2. The molecule has 0 heterocycles. The smallest absolute Gasteiger partial charge is 0.352 e. The van der Waals surface area contributed by atoms with Gasteiger partial charge in [0, 0.05) is 24.0 Å². The third-order valence-electron chi connectivity index (χ3n) is 8.62. The monoisotopic (exact) mass is 711 g/mol. The summed E-state index contributed by atoms with van der Waals surface area (Å²) in [5, 5.41) is 3.41. The fourth-order valence-corrected chi connectivity index (χ4v) is 7.54. The van der Waals surface area contributed by atoms with Crippen molar-refractivity contribution in [2.45, 2.75) is 68.7 Å². The molecule has 0 spiro atoms. The molecule has 0 aliphatic heterocycles. The molecule has 0 aromatic heterocycles. The summed E-state index contributed by atoms with van der Waals surface area (Å²) >= 11 is 6.53. The average molecular weight is 712 g/mol. The van der Waals surface area contributed by atoms with E-state index in [0.29, 0.717) is 21.0 Å². The molecule has 1 atom stereocenters. The molecule has 7 nitrogen and oxygen atoms in total. The Morgan fingerprint density at radius 1 is 0.898 bits per heavy atom. The van der Waals surface area contributed by atoms with Crippen molar-refractivity contribution in [3.63, 3.8) is 0 Å². The molecule has 0 bridgehead atoms. The summed E-state index contributed by atoms with van der Waals surface area (Å²) in [5.74, 6) is -1.21. The number of benzene rings is 4. The number of halogens is 4. The molecule has 0 radical (unpaired) electrons. The number of hydrogen-bond donors (Lipinski definition) is 1. The van der Waals surface area contributed by atoms with Gasteiger partial charge >= 0.3 is 6.18 Å². The van der Waals surface area contributed by atoms with E-state index in [1.165, 1.54) is 23.1 Å². The maximum Gasteiger partial charge on any atom is 0.416 e. The van der Waals surface area contributed by atoms with Gasteiger partial charge in [-0.3, -0.25) is 13.9 Å². The first-order valence-electron chi connectivity index (χ1n) is 16.0. The van der Waals surface area contributed by atoms with Crippen LogP contribution >= 0.6 is 11.6 Å². The standard InChI is InChI=1S/C37H37ClF3N3O4S/c1-26-18-20-32(21-19-26)49(47,48)44(31-16-9-13-29(23-31)37(39,40)41)25-35(45)43(24-28-12-5-8-17-33(28)38)34(22-27-10-3-2-4-11-27)36(46)42-30-14-6-7-15-30/h2-5,8-13,16-21,23,30,34H,6-7,14-15,22,24-25H2,1H3,(H,42,46)/t34-/m0/s1. The lowest BCUT2D eigenvalue weighted by Crippen LogP contribution is -2.54. The molecule has 1 saturated carbocycles. The highest BCUT2D eigenvalue weighted by Gasteiger charge is 2.37. The van der Waals surface area contributed by atoms with Crippen LogP contribution in [0.2, 0.25) is 5.02 Å². The lowest BCUT2D eigenvalue weighted by atomic mass is 10.0. The molecule has 4 aromatic rings. The van der Waals surface area contributed by atoms with Crippen molar-refractivity contribution in [1.29, 1.82) is 0 Å². The number of carbonyl (C=O) groups excluding carboxylic acids is 2. The summed E-state index contributed by atoms with van der Waals surface area (Å²) in [4.78, 5) is 29.8. The van der Waals surface area contributed by atoms with E-state index in [1.54, 1.807) is 43.3 Å². The molecule has 1 fully saturated rings. The predicted octanol–water partition coefficient (Wildman–Crippen LogP) is 7.56. The zero-order valence-corrected chi connectivity index (χ0v) is 28.4. The third kappa shape index (κ3) is 9.01. The molecule has 49 heavy (non-hydrogen) atoms. The van der Waals surface area contributed by atoms with Crippen LogP contribution < -0.4 is 9.62 Å². The normalized spacial score (nSPS) is 14.3. The van der Waals surface area contributed by atoms with E-state index in [0.717, 1.165) is 48.9 Å². The maximum atomic E-state index is 14.6. The van der Waals surface area contributed by atoms with Crippen molar-refractivity contribution in [3.8, 4) is 0 Å². The number of nitrogens with one attached hydrogen (secondary N) is 1. The Hall–Kier alpha value is -4.35. The van der Waals surface area contributed by atoms with Gasteiger partial charge in [0.05, 0.1) is 16.1 Å². The molecule has 1 aliphatic carbocycles. The number of hydrogen-bond acceptors (Lipinski definition) is 4. The number of alkyl halides is 3. The minimum absolute atomic E-state index is 0.0773. The van der Waals surface area contributed by atoms with Crippen LogP contribution in [0, 0.1) is 6.92 Å². The van der Waals surface area contributed by atoms with Gasteiger partial charge in [-0.2, -0.15) is 13.2 Å². The molecule has 1 aliphatic rings. The van der Waals surface area contributed by atoms with Crippen LogP contribution in [0.3, 0.4) is 0 Å². The van der Waals surface area contributed by atoms with Gasteiger partial charge in [0.15, 0.2) is 0 Å². The van der Waals surface area contributed by atoms with E-state index in [9.17, 15) is 31.2 Å². The fraction of sp³-hybridized carbons (Fsp3) is 0.297. The SMILES string of the molecule is Cc1ccc(S(=O)(=O)N(CC(=O)N(Cc2ccccc2Cl)[C@@H](Cc2ccccc2)C(=O)NC2CCCC2)c2cccc(C(F)(F)F)c2)cc1. The fourth-order valence-electron chi connectivity index (χ4n) is 5.94. The minimum atomic E-state index is -4.77. The summed E-state index contributed by atoms with van der Waals surface area (Å²) in [6, 6.07) is 24.3. The van der Waals surface area contributed by atoms with Crippen molar-refractivity contribution < 1.29 is 31.2 Å². The maximum absolute atomic E-state index is 14.6. The summed E-state index contributed by atoms with van der Waals surface area (Å²) in [6.45, 7) is 0.722. The Kier molecular flexibility index (Phi) is 11.3. The number of aryl methyl sites for hydroxylation is 1. The Balaban J connectivity index is 1.60. The molecule has 2 amide bonds. The van der Waals surface area contributed by atoms with Gasteiger partial charge in [0.2, 0.25) is 11.8 Å². The largest absolute Gasteiger partial charge is 0.416 e. The van der Waals surface area contributed by atoms with Crippen LogP contribution in [0.4, 0.5) is 18.9 Å². The van der Waals surface area contributed by atoms with Gasteiger partial charge < -0.3 is 10.2 Å². The van der Waals surface area contributed by atoms with Crippen LogP contribution in [0.25, 0.3) is 0 Å². The van der Waals surface area contributed by atoms with E-state index in [-0.39, 0.29) is 29.6 Å². The summed E-state index contributed by atoms with van der Waals surface area (Å²) in [7, 11) is -4.57. The molecule has 12 heteroatoms. The number of carbonyl (C=O) groups is 2. The third-order valence-corrected chi connectivity index (χ3v) is 10.8. The van der Waals surface area contributed by atoms with Crippen LogP contribution in [0.15, 0.2) is 108 Å². The van der Waals surface area contributed by atoms with Crippen molar-refractivity contribution in [3.05, 3.63) is 130 Å². The summed E-state index contributed by atoms with van der Waals surface area (Å²) < 4.78 is 70.5. The molecular weight excluding hydrogens is 675 g/mol. The van der Waals surface area contributed by atoms with E-state index in [1.807, 2.05) is 30.3 Å². The molecule has 1 N–H and O–H groups in total. The number of anilines is 1. The molecule has 0 unspecified atom stereocenters. The molecule has 0 saturated heterocycles. The van der Waals surface area contributed by atoms with E-state index >= 15 is 0 Å². The Morgan fingerprint density at radius 2 is 1.55 bits per heavy atom. The molecule has 5 rings (SSSR count). The van der Waals surface area contributed by atoms with E-state index < -0.39 is 46.2 Å². The predicted molar refractivity (Wildman–Crippen MR) is 183 cm³/mol. The summed E-state index contributed by atoms with van der Waals surface area (Å²) in [5.41, 5.74) is 0.608. The van der Waals surface area contributed by atoms with Crippen molar-refractivity contribution in [2.75, 3.05) is 10.8 Å². The highest BCUT2D eigenvalue weighted by Crippen LogP contribution is 2.34. The van der Waals surface area contributed by atoms with Gasteiger partial charge in [-0.25, -0.2) is 8.42 Å². The minimum Gasteiger partial charge on any atom is -0.352 e. The number of rotatable bonds is 12. The first kappa shape index (κ1) is 35.9.